The summed E-state index contributed by atoms with van der Waals surface area (Å²) in [5, 5.41) is 0. The van der Waals surface area contributed by atoms with E-state index >= 15 is 0 Å². The first-order valence-electron chi connectivity index (χ1n) is 5.77. The third kappa shape index (κ3) is 4.11. The monoisotopic (exact) mass is 331 g/mol. The molecule has 0 amide bonds. The van der Waals surface area contributed by atoms with Gasteiger partial charge in [-0.05, 0) is 24.1 Å². The summed E-state index contributed by atoms with van der Waals surface area (Å²) in [4.78, 5) is 11.1. The number of benzene rings is 1. The SMILES string of the molecule is COC(=O)CCC(N)c1cc(OC)c(OC)cc1Br. The van der Waals surface area contributed by atoms with Crippen molar-refractivity contribution in [1.29, 1.82) is 0 Å². The summed E-state index contributed by atoms with van der Waals surface area (Å²) in [6.45, 7) is 0. The van der Waals surface area contributed by atoms with Crippen LogP contribution in [0.1, 0.15) is 24.4 Å². The maximum Gasteiger partial charge on any atom is 0.305 e. The number of rotatable bonds is 6. The van der Waals surface area contributed by atoms with E-state index in [2.05, 4.69) is 20.7 Å². The predicted octanol–water partition coefficient (Wildman–Crippen LogP) is 2.42. The number of hydrogen-bond acceptors (Lipinski definition) is 5. The molecule has 0 aliphatic carbocycles. The molecule has 0 heterocycles. The largest absolute Gasteiger partial charge is 0.493 e. The van der Waals surface area contributed by atoms with Crippen LogP contribution in [0.5, 0.6) is 11.5 Å². The first kappa shape index (κ1) is 15.8. The molecule has 0 aliphatic heterocycles. The molecule has 0 bridgehead atoms. The van der Waals surface area contributed by atoms with Crippen LogP contribution in [0.3, 0.4) is 0 Å². The van der Waals surface area contributed by atoms with Gasteiger partial charge in [0.2, 0.25) is 0 Å². The second kappa shape index (κ2) is 7.35. The van der Waals surface area contributed by atoms with Gasteiger partial charge in [-0.15, -0.1) is 0 Å². The number of carbonyl (C=O) groups is 1. The van der Waals surface area contributed by atoms with Gasteiger partial charge in [0.05, 0.1) is 21.3 Å². The molecule has 19 heavy (non-hydrogen) atoms. The van der Waals surface area contributed by atoms with Crippen molar-refractivity contribution in [1.82, 2.24) is 0 Å². The molecule has 0 spiro atoms. The fraction of sp³-hybridized carbons (Fsp3) is 0.462. The van der Waals surface area contributed by atoms with Gasteiger partial charge in [-0.2, -0.15) is 0 Å². The summed E-state index contributed by atoms with van der Waals surface area (Å²) < 4.78 is 15.9. The molecule has 106 valence electrons. The van der Waals surface area contributed by atoms with Crippen molar-refractivity contribution in [3.63, 3.8) is 0 Å². The van der Waals surface area contributed by atoms with E-state index in [1.165, 1.54) is 7.11 Å². The van der Waals surface area contributed by atoms with E-state index in [9.17, 15) is 4.79 Å². The number of halogens is 1. The number of methoxy groups -OCH3 is 3. The van der Waals surface area contributed by atoms with Crippen LogP contribution in [0.4, 0.5) is 0 Å². The van der Waals surface area contributed by atoms with E-state index in [4.69, 9.17) is 15.2 Å². The molecular formula is C13H18BrNO4. The van der Waals surface area contributed by atoms with E-state index in [1.54, 1.807) is 20.3 Å². The average molecular weight is 332 g/mol. The molecule has 1 unspecified atom stereocenters. The Kier molecular flexibility index (Phi) is 6.11. The maximum atomic E-state index is 11.1. The third-order valence-electron chi connectivity index (χ3n) is 2.79. The third-order valence-corrected chi connectivity index (χ3v) is 3.48. The Morgan fingerprint density at radius 3 is 2.37 bits per heavy atom. The Morgan fingerprint density at radius 1 is 1.26 bits per heavy atom. The lowest BCUT2D eigenvalue weighted by molar-refractivity contribution is -0.140. The standard InChI is InChI=1S/C13H18BrNO4/c1-17-11-6-8(9(14)7-12(11)18-2)10(15)4-5-13(16)19-3/h6-7,10H,4-5,15H2,1-3H3. The lowest BCUT2D eigenvalue weighted by atomic mass is 10.0. The zero-order chi connectivity index (χ0) is 14.4. The van der Waals surface area contributed by atoms with Crippen molar-refractivity contribution in [3.8, 4) is 11.5 Å². The first-order valence-corrected chi connectivity index (χ1v) is 6.56. The smallest absolute Gasteiger partial charge is 0.305 e. The topological polar surface area (TPSA) is 70.8 Å². The molecule has 0 saturated heterocycles. The van der Waals surface area contributed by atoms with Gasteiger partial charge >= 0.3 is 5.97 Å². The number of esters is 1. The Bertz CT molecular complexity index is 451. The van der Waals surface area contributed by atoms with Crippen LogP contribution in [-0.2, 0) is 9.53 Å². The van der Waals surface area contributed by atoms with E-state index < -0.39 is 0 Å². The first-order chi connectivity index (χ1) is 9.03. The molecule has 0 fully saturated rings. The molecule has 1 atom stereocenters. The average Bonchev–Trinajstić information content (AvgIpc) is 2.43. The molecule has 5 nitrogen and oxygen atoms in total. The number of carbonyl (C=O) groups excluding carboxylic acids is 1. The minimum absolute atomic E-state index is 0.271. The summed E-state index contributed by atoms with van der Waals surface area (Å²) in [7, 11) is 4.50. The summed E-state index contributed by atoms with van der Waals surface area (Å²) in [5.41, 5.74) is 6.94. The molecule has 1 rings (SSSR count). The number of ether oxygens (including phenoxy) is 3. The Balaban J connectivity index is 2.90. The van der Waals surface area contributed by atoms with Crippen molar-refractivity contribution in [2.45, 2.75) is 18.9 Å². The summed E-state index contributed by atoms with van der Waals surface area (Å²) in [5.74, 6) is 0.958. The zero-order valence-corrected chi connectivity index (χ0v) is 12.8. The van der Waals surface area contributed by atoms with Gasteiger partial charge in [0, 0.05) is 16.9 Å². The van der Waals surface area contributed by atoms with Gasteiger partial charge in [0.15, 0.2) is 11.5 Å². The van der Waals surface area contributed by atoms with Gasteiger partial charge in [0.25, 0.3) is 0 Å². The van der Waals surface area contributed by atoms with Gasteiger partial charge in [-0.1, -0.05) is 15.9 Å². The Labute approximate surface area is 121 Å². The molecule has 0 aromatic heterocycles. The molecule has 1 aromatic rings. The van der Waals surface area contributed by atoms with Crippen LogP contribution in [0, 0.1) is 0 Å². The van der Waals surface area contributed by atoms with Crippen LogP contribution in [0.2, 0.25) is 0 Å². The highest BCUT2D eigenvalue weighted by atomic mass is 79.9. The van der Waals surface area contributed by atoms with Gasteiger partial charge in [0.1, 0.15) is 0 Å². The van der Waals surface area contributed by atoms with Gasteiger partial charge in [-0.25, -0.2) is 0 Å². The molecule has 2 N–H and O–H groups in total. The normalized spacial score (nSPS) is 11.8. The highest BCUT2D eigenvalue weighted by Crippen LogP contribution is 2.36. The number of hydrogen-bond donors (Lipinski definition) is 1. The molecule has 0 aliphatic rings. The molecule has 6 heteroatoms. The number of nitrogens with two attached hydrogens (primary N) is 1. The van der Waals surface area contributed by atoms with Crippen LogP contribution < -0.4 is 15.2 Å². The molecule has 0 saturated carbocycles. The molecular weight excluding hydrogens is 314 g/mol. The van der Waals surface area contributed by atoms with E-state index in [0.29, 0.717) is 17.9 Å². The highest BCUT2D eigenvalue weighted by molar-refractivity contribution is 9.10. The zero-order valence-electron chi connectivity index (χ0n) is 11.2. The summed E-state index contributed by atoms with van der Waals surface area (Å²) >= 11 is 3.44. The van der Waals surface area contributed by atoms with Gasteiger partial charge in [-0.3, -0.25) is 4.79 Å². The maximum absolute atomic E-state index is 11.1. The summed E-state index contributed by atoms with van der Waals surface area (Å²) in [6, 6.07) is 3.32. The minimum atomic E-state index is -0.284. The fourth-order valence-corrected chi connectivity index (χ4v) is 2.30. The van der Waals surface area contributed by atoms with Crippen LogP contribution >= 0.6 is 15.9 Å². The Morgan fingerprint density at radius 2 is 1.84 bits per heavy atom. The van der Waals surface area contributed by atoms with Crippen molar-refractivity contribution in [2.75, 3.05) is 21.3 Å². The van der Waals surface area contributed by atoms with Crippen molar-refractivity contribution < 1.29 is 19.0 Å². The van der Waals surface area contributed by atoms with Crippen LogP contribution in [0.25, 0.3) is 0 Å². The van der Waals surface area contributed by atoms with E-state index in [-0.39, 0.29) is 18.4 Å². The lowest BCUT2D eigenvalue weighted by Crippen LogP contribution is -2.14. The van der Waals surface area contributed by atoms with Crippen molar-refractivity contribution in [3.05, 3.63) is 22.2 Å². The van der Waals surface area contributed by atoms with Gasteiger partial charge < -0.3 is 19.9 Å². The molecule has 0 radical (unpaired) electrons. The lowest BCUT2D eigenvalue weighted by Gasteiger charge is -2.16. The van der Waals surface area contributed by atoms with Crippen LogP contribution in [0.15, 0.2) is 16.6 Å². The quantitative estimate of drug-likeness (QED) is 0.810. The second-order valence-electron chi connectivity index (χ2n) is 3.95. The highest BCUT2D eigenvalue weighted by Gasteiger charge is 2.16. The van der Waals surface area contributed by atoms with E-state index in [0.717, 1.165) is 10.0 Å². The predicted molar refractivity (Wildman–Crippen MR) is 75.4 cm³/mol. The second-order valence-corrected chi connectivity index (χ2v) is 4.80. The minimum Gasteiger partial charge on any atom is -0.493 e. The van der Waals surface area contributed by atoms with E-state index in [1.807, 2.05) is 6.07 Å². The van der Waals surface area contributed by atoms with Crippen molar-refractivity contribution in [2.24, 2.45) is 5.73 Å². The summed E-state index contributed by atoms with van der Waals surface area (Å²) in [6.07, 6.45) is 0.777. The molecule has 1 aromatic carbocycles. The van der Waals surface area contributed by atoms with Crippen molar-refractivity contribution >= 4 is 21.9 Å². The Hall–Kier alpha value is -1.27. The fourth-order valence-electron chi connectivity index (χ4n) is 1.68. The van der Waals surface area contributed by atoms with Crippen LogP contribution in [-0.4, -0.2) is 27.3 Å².